The fourth-order valence-corrected chi connectivity index (χ4v) is 2.19. The molecule has 0 aromatic carbocycles. The van der Waals surface area contributed by atoms with Gasteiger partial charge in [-0.25, -0.2) is 0 Å². The van der Waals surface area contributed by atoms with Crippen molar-refractivity contribution in [3.8, 4) is 0 Å². The third kappa shape index (κ3) is 2.17. The lowest BCUT2D eigenvalue weighted by atomic mass is 9.85. The van der Waals surface area contributed by atoms with Crippen LogP contribution in [0, 0.1) is 11.8 Å². The number of rotatable bonds is 1. The Kier molecular flexibility index (Phi) is 2.90. The predicted octanol–water partition coefficient (Wildman–Crippen LogP) is 4.26. The van der Waals surface area contributed by atoms with Gasteiger partial charge in [0, 0.05) is 0 Å². The Bertz CT molecular complexity index is 291. The quantitative estimate of drug-likeness (QED) is 0.577. The SMILES string of the molecule is CC1C=CC(C2=CCC(C)CC2)=CC1. The molecule has 0 saturated carbocycles. The normalized spacial score (nSPS) is 32.4. The van der Waals surface area contributed by atoms with Crippen LogP contribution in [0.3, 0.4) is 0 Å². The first-order chi connectivity index (χ1) is 6.75. The van der Waals surface area contributed by atoms with Crippen molar-refractivity contribution in [1.82, 2.24) is 0 Å². The molecule has 0 N–H and O–H groups in total. The summed E-state index contributed by atoms with van der Waals surface area (Å²) < 4.78 is 0. The van der Waals surface area contributed by atoms with Gasteiger partial charge in [0.15, 0.2) is 0 Å². The molecule has 0 bridgehead atoms. The van der Waals surface area contributed by atoms with Crippen molar-refractivity contribution in [3.05, 3.63) is 35.5 Å². The molecule has 0 heterocycles. The summed E-state index contributed by atoms with van der Waals surface area (Å²) in [7, 11) is 0. The van der Waals surface area contributed by atoms with Gasteiger partial charge in [0.2, 0.25) is 0 Å². The van der Waals surface area contributed by atoms with Gasteiger partial charge in [-0.1, -0.05) is 38.2 Å². The van der Waals surface area contributed by atoms with Gasteiger partial charge in [0.05, 0.1) is 0 Å². The van der Waals surface area contributed by atoms with Gasteiger partial charge >= 0.3 is 0 Å². The molecule has 2 unspecified atom stereocenters. The highest BCUT2D eigenvalue weighted by Gasteiger charge is 2.13. The van der Waals surface area contributed by atoms with Gasteiger partial charge in [-0.05, 0) is 48.7 Å². The molecule has 2 aliphatic carbocycles. The molecule has 2 aliphatic rings. The minimum Gasteiger partial charge on any atom is -0.0808 e. The second kappa shape index (κ2) is 4.16. The summed E-state index contributed by atoms with van der Waals surface area (Å²) in [5.74, 6) is 1.63. The van der Waals surface area contributed by atoms with Gasteiger partial charge in [0.1, 0.15) is 0 Å². The van der Waals surface area contributed by atoms with Crippen LogP contribution in [0.2, 0.25) is 0 Å². The third-order valence-electron chi connectivity index (χ3n) is 3.36. The van der Waals surface area contributed by atoms with Gasteiger partial charge < -0.3 is 0 Å². The van der Waals surface area contributed by atoms with E-state index < -0.39 is 0 Å². The minimum absolute atomic E-state index is 0.738. The molecule has 2 atom stereocenters. The van der Waals surface area contributed by atoms with Crippen molar-refractivity contribution < 1.29 is 0 Å². The monoisotopic (exact) mass is 188 g/mol. The fourth-order valence-electron chi connectivity index (χ4n) is 2.19. The Morgan fingerprint density at radius 3 is 2.57 bits per heavy atom. The zero-order valence-electron chi connectivity index (χ0n) is 9.29. The first-order valence-corrected chi connectivity index (χ1v) is 5.83. The van der Waals surface area contributed by atoms with Gasteiger partial charge in [-0.15, -0.1) is 0 Å². The molecule has 0 nitrogen and oxygen atoms in total. The molecule has 14 heavy (non-hydrogen) atoms. The molecule has 0 aliphatic heterocycles. The highest BCUT2D eigenvalue weighted by molar-refractivity contribution is 5.42. The highest BCUT2D eigenvalue weighted by Crippen LogP contribution is 2.30. The molecule has 76 valence electrons. The predicted molar refractivity (Wildman–Crippen MR) is 62.1 cm³/mol. The smallest absolute Gasteiger partial charge is 0.0224 e. The Balaban J connectivity index is 2.06. The number of allylic oxidation sites excluding steroid dienone is 6. The first-order valence-electron chi connectivity index (χ1n) is 5.83. The van der Waals surface area contributed by atoms with Crippen molar-refractivity contribution in [1.29, 1.82) is 0 Å². The van der Waals surface area contributed by atoms with E-state index in [2.05, 4.69) is 38.2 Å². The standard InChI is InChI=1S/C14H20/c1-11-3-7-13(8-4-11)14-9-5-12(2)6-10-14/h3,7-9,11-12H,4-6,10H2,1-2H3. The molecule has 0 amide bonds. The van der Waals surface area contributed by atoms with E-state index >= 15 is 0 Å². The molecule has 0 spiro atoms. The summed E-state index contributed by atoms with van der Waals surface area (Å²) in [6.07, 6.45) is 14.7. The molecule has 0 aromatic rings. The van der Waals surface area contributed by atoms with Crippen LogP contribution in [-0.2, 0) is 0 Å². The second-order valence-electron chi connectivity index (χ2n) is 4.84. The summed E-state index contributed by atoms with van der Waals surface area (Å²) in [5.41, 5.74) is 3.08. The van der Waals surface area contributed by atoms with Crippen LogP contribution < -0.4 is 0 Å². The molecule has 0 radical (unpaired) electrons. The average Bonchev–Trinajstić information content (AvgIpc) is 2.21. The third-order valence-corrected chi connectivity index (χ3v) is 3.36. The lowest BCUT2D eigenvalue weighted by Crippen LogP contribution is -2.04. The second-order valence-corrected chi connectivity index (χ2v) is 4.84. The lowest BCUT2D eigenvalue weighted by molar-refractivity contribution is 0.516. The summed E-state index contributed by atoms with van der Waals surface area (Å²) in [6, 6.07) is 0. The van der Waals surface area contributed by atoms with E-state index in [1.54, 1.807) is 5.57 Å². The van der Waals surface area contributed by atoms with Crippen molar-refractivity contribution >= 4 is 0 Å². The lowest BCUT2D eigenvalue weighted by Gasteiger charge is -2.21. The molecule has 2 rings (SSSR count). The van der Waals surface area contributed by atoms with Crippen molar-refractivity contribution in [2.45, 2.75) is 39.5 Å². The van der Waals surface area contributed by atoms with Crippen LogP contribution in [0.1, 0.15) is 39.5 Å². The molecular formula is C14H20. The minimum atomic E-state index is 0.738. The highest BCUT2D eigenvalue weighted by atomic mass is 14.2. The molecular weight excluding hydrogens is 168 g/mol. The van der Waals surface area contributed by atoms with E-state index in [0.717, 1.165) is 11.8 Å². The Hall–Kier alpha value is -0.780. The molecule has 0 heteroatoms. The van der Waals surface area contributed by atoms with Gasteiger partial charge in [-0.3, -0.25) is 0 Å². The van der Waals surface area contributed by atoms with Gasteiger partial charge in [-0.2, -0.15) is 0 Å². The van der Waals surface area contributed by atoms with Crippen LogP contribution in [0.4, 0.5) is 0 Å². The van der Waals surface area contributed by atoms with E-state index in [1.165, 1.54) is 31.3 Å². The fraction of sp³-hybridized carbons (Fsp3) is 0.571. The van der Waals surface area contributed by atoms with Gasteiger partial charge in [0.25, 0.3) is 0 Å². The summed E-state index contributed by atoms with van der Waals surface area (Å²) in [4.78, 5) is 0. The Labute approximate surface area is 87.4 Å². The Morgan fingerprint density at radius 2 is 2.00 bits per heavy atom. The number of hydrogen-bond acceptors (Lipinski definition) is 0. The number of hydrogen-bond donors (Lipinski definition) is 0. The van der Waals surface area contributed by atoms with E-state index in [4.69, 9.17) is 0 Å². The van der Waals surface area contributed by atoms with Crippen LogP contribution in [0.5, 0.6) is 0 Å². The van der Waals surface area contributed by atoms with E-state index in [0.29, 0.717) is 0 Å². The summed E-state index contributed by atoms with van der Waals surface area (Å²) in [5, 5.41) is 0. The first kappa shape index (κ1) is 9.76. The van der Waals surface area contributed by atoms with Crippen molar-refractivity contribution in [3.63, 3.8) is 0 Å². The largest absolute Gasteiger partial charge is 0.0808 e. The van der Waals surface area contributed by atoms with E-state index in [-0.39, 0.29) is 0 Å². The zero-order chi connectivity index (χ0) is 9.97. The topological polar surface area (TPSA) is 0 Å². The molecule has 0 saturated heterocycles. The summed E-state index contributed by atoms with van der Waals surface area (Å²) >= 11 is 0. The van der Waals surface area contributed by atoms with Crippen molar-refractivity contribution in [2.24, 2.45) is 11.8 Å². The Morgan fingerprint density at radius 1 is 1.14 bits per heavy atom. The van der Waals surface area contributed by atoms with E-state index in [1.807, 2.05) is 0 Å². The van der Waals surface area contributed by atoms with Crippen LogP contribution in [0.15, 0.2) is 35.5 Å². The summed E-state index contributed by atoms with van der Waals surface area (Å²) in [6.45, 7) is 4.63. The van der Waals surface area contributed by atoms with Crippen LogP contribution >= 0.6 is 0 Å². The van der Waals surface area contributed by atoms with Crippen molar-refractivity contribution in [2.75, 3.05) is 0 Å². The maximum atomic E-state index is 2.44. The van der Waals surface area contributed by atoms with Crippen LogP contribution in [-0.4, -0.2) is 0 Å². The maximum Gasteiger partial charge on any atom is -0.0224 e. The zero-order valence-corrected chi connectivity index (χ0v) is 9.29. The maximum absolute atomic E-state index is 2.44. The van der Waals surface area contributed by atoms with E-state index in [9.17, 15) is 0 Å². The van der Waals surface area contributed by atoms with Crippen LogP contribution in [0.25, 0.3) is 0 Å². The average molecular weight is 188 g/mol. The molecule has 0 aromatic heterocycles. The molecule has 0 fully saturated rings.